The Balaban J connectivity index is 1.43. The third kappa shape index (κ3) is 5.82. The van der Waals surface area contributed by atoms with Gasteiger partial charge in [0.05, 0.1) is 7.11 Å². The highest BCUT2D eigenvalue weighted by Crippen LogP contribution is 2.22. The maximum Gasteiger partial charge on any atom is 0.255 e. The van der Waals surface area contributed by atoms with Crippen LogP contribution in [-0.2, 0) is 0 Å². The molecule has 0 radical (unpaired) electrons. The van der Waals surface area contributed by atoms with Crippen LogP contribution < -0.4 is 20.7 Å². The zero-order valence-corrected chi connectivity index (χ0v) is 18.6. The molecule has 0 atom stereocenters. The van der Waals surface area contributed by atoms with Crippen LogP contribution in [0.2, 0.25) is 0 Å². The summed E-state index contributed by atoms with van der Waals surface area (Å²) in [5.41, 5.74) is 3.14. The van der Waals surface area contributed by atoms with Crippen LogP contribution in [0.25, 0.3) is 0 Å². The summed E-state index contributed by atoms with van der Waals surface area (Å²) in [7, 11) is 1.57. The number of methoxy groups -OCH3 is 1. The van der Waals surface area contributed by atoms with Gasteiger partial charge in [-0.25, -0.2) is 15.0 Å². The summed E-state index contributed by atoms with van der Waals surface area (Å²) < 4.78 is 5.18. The second-order valence-corrected chi connectivity index (χ2v) is 7.42. The highest BCUT2D eigenvalue weighted by atomic mass is 16.5. The van der Waals surface area contributed by atoms with Crippen molar-refractivity contribution in [3.8, 4) is 5.75 Å². The Hall–Kier alpha value is -4.46. The molecular formula is C25H24N6O2. The van der Waals surface area contributed by atoms with Gasteiger partial charge in [0.1, 0.15) is 29.0 Å². The Kier molecular flexibility index (Phi) is 6.45. The maximum atomic E-state index is 12.5. The van der Waals surface area contributed by atoms with E-state index in [1.165, 1.54) is 0 Å². The molecule has 8 heteroatoms. The number of rotatable bonds is 7. The number of anilines is 5. The molecule has 0 saturated heterocycles. The average molecular weight is 441 g/mol. The van der Waals surface area contributed by atoms with Crippen molar-refractivity contribution in [1.82, 2.24) is 15.0 Å². The van der Waals surface area contributed by atoms with Gasteiger partial charge >= 0.3 is 0 Å². The Labute approximate surface area is 192 Å². The minimum atomic E-state index is -0.207. The molecule has 8 nitrogen and oxygen atoms in total. The zero-order valence-electron chi connectivity index (χ0n) is 18.6. The van der Waals surface area contributed by atoms with Gasteiger partial charge in [-0.15, -0.1) is 0 Å². The van der Waals surface area contributed by atoms with Gasteiger partial charge in [0.25, 0.3) is 5.91 Å². The minimum absolute atomic E-state index is 0.207. The van der Waals surface area contributed by atoms with Crippen molar-refractivity contribution in [3.05, 3.63) is 89.9 Å². The topological polar surface area (TPSA) is 101 Å². The molecule has 0 aliphatic rings. The van der Waals surface area contributed by atoms with Crippen molar-refractivity contribution < 1.29 is 9.53 Å². The van der Waals surface area contributed by atoms with Crippen molar-refractivity contribution in [2.24, 2.45) is 0 Å². The lowest BCUT2D eigenvalue weighted by molar-refractivity contribution is 0.102. The minimum Gasteiger partial charge on any atom is -0.497 e. The van der Waals surface area contributed by atoms with Gasteiger partial charge in [0.15, 0.2) is 0 Å². The van der Waals surface area contributed by atoms with E-state index in [1.54, 1.807) is 37.6 Å². The molecular weight excluding hydrogens is 416 g/mol. The van der Waals surface area contributed by atoms with Gasteiger partial charge in [-0.3, -0.25) is 4.79 Å². The van der Waals surface area contributed by atoms with Crippen LogP contribution in [0.1, 0.15) is 21.7 Å². The van der Waals surface area contributed by atoms with Crippen LogP contribution >= 0.6 is 0 Å². The molecule has 0 fully saturated rings. The van der Waals surface area contributed by atoms with Crippen LogP contribution in [0, 0.1) is 13.8 Å². The smallest absolute Gasteiger partial charge is 0.255 e. The number of nitrogens with zero attached hydrogens (tertiary/aromatic N) is 3. The quantitative estimate of drug-likeness (QED) is 0.361. The first kappa shape index (κ1) is 21.8. The number of aryl methyl sites for hydroxylation is 2. The molecule has 0 aliphatic carbocycles. The van der Waals surface area contributed by atoms with E-state index >= 15 is 0 Å². The van der Waals surface area contributed by atoms with Crippen molar-refractivity contribution in [2.75, 3.05) is 23.1 Å². The van der Waals surface area contributed by atoms with E-state index in [0.717, 1.165) is 17.1 Å². The lowest BCUT2D eigenvalue weighted by Crippen LogP contribution is -2.11. The summed E-state index contributed by atoms with van der Waals surface area (Å²) in [5, 5.41) is 9.36. The monoisotopic (exact) mass is 440 g/mol. The third-order valence-electron chi connectivity index (χ3n) is 4.76. The molecule has 4 aromatic rings. The first-order chi connectivity index (χ1) is 16.0. The summed E-state index contributed by atoms with van der Waals surface area (Å²) in [5.74, 6) is 3.06. The number of carbonyl (C=O) groups is 1. The van der Waals surface area contributed by atoms with Crippen LogP contribution in [0.5, 0.6) is 5.75 Å². The zero-order chi connectivity index (χ0) is 23.2. The number of amides is 1. The Morgan fingerprint density at radius 3 is 2.27 bits per heavy atom. The van der Waals surface area contributed by atoms with Crippen molar-refractivity contribution in [2.45, 2.75) is 13.8 Å². The molecule has 0 aliphatic heterocycles. The van der Waals surface area contributed by atoms with Crippen LogP contribution in [0.4, 0.5) is 28.8 Å². The van der Waals surface area contributed by atoms with Gasteiger partial charge in [-0.05, 0) is 74.0 Å². The van der Waals surface area contributed by atoms with Crippen LogP contribution in [0.3, 0.4) is 0 Å². The number of benzene rings is 2. The second kappa shape index (κ2) is 9.78. The van der Waals surface area contributed by atoms with Crippen molar-refractivity contribution in [3.63, 3.8) is 0 Å². The van der Waals surface area contributed by atoms with Gasteiger partial charge < -0.3 is 20.7 Å². The molecule has 3 N–H and O–H groups in total. The van der Waals surface area contributed by atoms with Crippen LogP contribution in [0.15, 0.2) is 72.9 Å². The fourth-order valence-electron chi connectivity index (χ4n) is 3.18. The summed E-state index contributed by atoms with van der Waals surface area (Å²) >= 11 is 0. The third-order valence-corrected chi connectivity index (χ3v) is 4.76. The first-order valence-corrected chi connectivity index (χ1v) is 10.4. The molecule has 4 rings (SSSR count). The molecule has 33 heavy (non-hydrogen) atoms. The summed E-state index contributed by atoms with van der Waals surface area (Å²) in [6, 6.07) is 20.1. The van der Waals surface area contributed by atoms with E-state index in [4.69, 9.17) is 4.74 Å². The molecule has 166 valence electrons. The summed E-state index contributed by atoms with van der Waals surface area (Å²) in [6.45, 7) is 3.84. The van der Waals surface area contributed by atoms with Gasteiger partial charge in [0, 0.05) is 29.2 Å². The molecule has 0 unspecified atom stereocenters. The molecule has 2 aromatic carbocycles. The number of hydrogen-bond acceptors (Lipinski definition) is 7. The Morgan fingerprint density at radius 1 is 0.818 bits per heavy atom. The highest BCUT2D eigenvalue weighted by molar-refractivity contribution is 6.04. The maximum absolute atomic E-state index is 12.5. The SMILES string of the molecule is COc1cccc(C(=O)Nc2ccc(Nc3cc(Nc4cc(C)ccn4)nc(C)n3)cc2)c1. The number of pyridine rings is 1. The fraction of sp³-hybridized carbons (Fsp3) is 0.120. The van der Waals surface area contributed by atoms with Crippen molar-refractivity contribution >= 4 is 34.7 Å². The van der Waals surface area contributed by atoms with Gasteiger partial charge in [0.2, 0.25) is 0 Å². The van der Waals surface area contributed by atoms with E-state index in [-0.39, 0.29) is 5.91 Å². The number of nitrogens with one attached hydrogen (secondary N) is 3. The Bertz CT molecular complexity index is 1270. The fourth-order valence-corrected chi connectivity index (χ4v) is 3.18. The summed E-state index contributed by atoms with van der Waals surface area (Å²) in [6.07, 6.45) is 1.75. The number of ether oxygens (including phenoxy) is 1. The van der Waals surface area contributed by atoms with E-state index < -0.39 is 0 Å². The normalized spacial score (nSPS) is 10.4. The standard InChI is InChI=1S/C25H24N6O2/c1-16-11-12-26-22(13-16)31-24-15-23(27-17(2)28-24)29-19-7-9-20(10-8-19)30-25(32)18-5-4-6-21(14-18)33-3/h4-15H,1-3H3,(H,30,32)(H2,26,27,28,29,31). The number of hydrogen-bond donors (Lipinski definition) is 3. The van der Waals surface area contributed by atoms with E-state index in [0.29, 0.717) is 34.5 Å². The lowest BCUT2D eigenvalue weighted by atomic mass is 10.2. The largest absolute Gasteiger partial charge is 0.497 e. The lowest BCUT2D eigenvalue weighted by Gasteiger charge is -2.11. The van der Waals surface area contributed by atoms with E-state index in [1.807, 2.05) is 56.3 Å². The Morgan fingerprint density at radius 2 is 1.55 bits per heavy atom. The molecule has 2 aromatic heterocycles. The number of aromatic nitrogens is 3. The average Bonchev–Trinajstić information content (AvgIpc) is 2.80. The molecule has 0 saturated carbocycles. The molecule has 0 spiro atoms. The number of carbonyl (C=O) groups excluding carboxylic acids is 1. The summed E-state index contributed by atoms with van der Waals surface area (Å²) in [4.78, 5) is 25.7. The molecule has 0 bridgehead atoms. The van der Waals surface area contributed by atoms with Gasteiger partial charge in [-0.2, -0.15) is 0 Å². The van der Waals surface area contributed by atoms with Crippen LogP contribution in [-0.4, -0.2) is 28.0 Å². The highest BCUT2D eigenvalue weighted by Gasteiger charge is 2.08. The van der Waals surface area contributed by atoms with E-state index in [2.05, 4.69) is 30.9 Å². The van der Waals surface area contributed by atoms with Gasteiger partial charge in [-0.1, -0.05) is 6.07 Å². The predicted molar refractivity (Wildman–Crippen MR) is 130 cm³/mol. The van der Waals surface area contributed by atoms with E-state index in [9.17, 15) is 4.79 Å². The second-order valence-electron chi connectivity index (χ2n) is 7.42. The molecule has 2 heterocycles. The first-order valence-electron chi connectivity index (χ1n) is 10.4. The van der Waals surface area contributed by atoms with Crippen molar-refractivity contribution in [1.29, 1.82) is 0 Å². The molecule has 1 amide bonds. The predicted octanol–water partition coefficient (Wildman–Crippen LogP) is 5.24.